The summed E-state index contributed by atoms with van der Waals surface area (Å²) >= 11 is 0. The fraction of sp³-hybridized carbons (Fsp3) is 0.269. The van der Waals surface area contributed by atoms with Gasteiger partial charge in [-0.25, -0.2) is 4.39 Å². The maximum Gasteiger partial charge on any atom is 0.238 e. The van der Waals surface area contributed by atoms with Crippen LogP contribution in [0.5, 0.6) is 5.75 Å². The third-order valence-corrected chi connectivity index (χ3v) is 5.60. The Morgan fingerprint density at radius 1 is 1.09 bits per heavy atom. The molecule has 2 heterocycles. The summed E-state index contributed by atoms with van der Waals surface area (Å²) in [6.07, 6.45) is 1.67. The Hall–Kier alpha value is -3.62. The summed E-state index contributed by atoms with van der Waals surface area (Å²) in [5, 5.41) is 2.89. The Bertz CT molecular complexity index is 1140. The Balaban J connectivity index is 1.42. The van der Waals surface area contributed by atoms with Crippen LogP contribution in [0.1, 0.15) is 15.9 Å². The number of morpholine rings is 1. The van der Waals surface area contributed by atoms with Gasteiger partial charge >= 0.3 is 0 Å². The first kappa shape index (κ1) is 23.5. The number of benzene rings is 2. The van der Waals surface area contributed by atoms with Gasteiger partial charge in [-0.3, -0.25) is 19.5 Å². The van der Waals surface area contributed by atoms with Crippen LogP contribution in [0, 0.1) is 5.82 Å². The minimum Gasteiger partial charge on any atom is -0.495 e. The zero-order chi connectivity index (χ0) is 23.9. The predicted molar refractivity (Wildman–Crippen MR) is 127 cm³/mol. The van der Waals surface area contributed by atoms with E-state index in [0.29, 0.717) is 49.0 Å². The molecule has 0 unspecified atom stereocenters. The number of methoxy groups -OCH3 is 1. The van der Waals surface area contributed by atoms with Crippen molar-refractivity contribution in [2.75, 3.05) is 45.3 Å². The number of hydrogen-bond donors (Lipinski definition) is 1. The molecule has 34 heavy (non-hydrogen) atoms. The van der Waals surface area contributed by atoms with E-state index in [0.717, 1.165) is 11.1 Å². The van der Waals surface area contributed by atoms with E-state index < -0.39 is 0 Å². The first-order chi connectivity index (χ1) is 16.5. The lowest BCUT2D eigenvalue weighted by atomic mass is 10.0. The van der Waals surface area contributed by atoms with Gasteiger partial charge in [0.05, 0.1) is 38.2 Å². The van der Waals surface area contributed by atoms with Crippen molar-refractivity contribution in [3.8, 4) is 17.0 Å². The number of nitrogens with zero attached hydrogens (tertiary/aromatic N) is 2. The highest BCUT2D eigenvalue weighted by Gasteiger charge is 2.16. The first-order valence-corrected chi connectivity index (χ1v) is 11.0. The normalized spacial score (nSPS) is 13.9. The third kappa shape index (κ3) is 6.03. The number of ether oxygens (including phenoxy) is 2. The van der Waals surface area contributed by atoms with E-state index in [-0.39, 0.29) is 30.5 Å². The van der Waals surface area contributed by atoms with Crippen LogP contribution in [0.4, 0.5) is 10.1 Å². The van der Waals surface area contributed by atoms with Crippen LogP contribution in [0.25, 0.3) is 11.3 Å². The minimum absolute atomic E-state index is 0.103. The molecule has 1 aliphatic rings. The number of carbonyl (C=O) groups is 2. The number of aromatic nitrogens is 1. The molecule has 8 heteroatoms. The number of Topliss-reactive ketones (excluding diaryl/α,β-unsaturated/α-hetero) is 1. The van der Waals surface area contributed by atoms with Gasteiger partial charge in [-0.1, -0.05) is 6.07 Å². The highest BCUT2D eigenvalue weighted by atomic mass is 19.1. The molecule has 3 aromatic rings. The summed E-state index contributed by atoms with van der Waals surface area (Å²) in [6, 6.07) is 14.8. The van der Waals surface area contributed by atoms with E-state index in [4.69, 9.17) is 9.47 Å². The van der Waals surface area contributed by atoms with Crippen LogP contribution >= 0.6 is 0 Å². The number of nitrogens with one attached hydrogen (secondary N) is 1. The number of anilines is 1. The van der Waals surface area contributed by atoms with Gasteiger partial charge in [-0.2, -0.15) is 0 Å². The van der Waals surface area contributed by atoms with Crippen molar-refractivity contribution in [1.82, 2.24) is 9.88 Å². The topological polar surface area (TPSA) is 80.8 Å². The summed E-state index contributed by atoms with van der Waals surface area (Å²) < 4.78 is 23.8. The molecule has 1 fully saturated rings. The molecule has 0 atom stereocenters. The van der Waals surface area contributed by atoms with Crippen LogP contribution in [-0.4, -0.2) is 61.5 Å². The van der Waals surface area contributed by atoms with Gasteiger partial charge in [0.1, 0.15) is 11.6 Å². The second-order valence-corrected chi connectivity index (χ2v) is 8.01. The molecule has 176 valence electrons. The van der Waals surface area contributed by atoms with E-state index in [1.54, 1.807) is 42.5 Å². The van der Waals surface area contributed by atoms with E-state index in [2.05, 4.69) is 10.3 Å². The summed E-state index contributed by atoms with van der Waals surface area (Å²) in [7, 11) is 1.53. The van der Waals surface area contributed by atoms with Crippen molar-refractivity contribution in [1.29, 1.82) is 0 Å². The van der Waals surface area contributed by atoms with Crippen molar-refractivity contribution in [3.63, 3.8) is 0 Å². The largest absolute Gasteiger partial charge is 0.495 e. The molecule has 0 bridgehead atoms. The van der Waals surface area contributed by atoms with Crippen molar-refractivity contribution >= 4 is 17.4 Å². The molecular formula is C26H26FN3O4. The van der Waals surface area contributed by atoms with Crippen molar-refractivity contribution < 1.29 is 23.5 Å². The summed E-state index contributed by atoms with van der Waals surface area (Å²) in [4.78, 5) is 31.7. The van der Waals surface area contributed by atoms with Crippen LogP contribution in [0.15, 0.2) is 60.8 Å². The molecule has 1 aliphatic heterocycles. The quantitative estimate of drug-likeness (QED) is 0.515. The molecule has 0 aliphatic carbocycles. The second-order valence-electron chi connectivity index (χ2n) is 8.01. The molecule has 1 saturated heterocycles. The predicted octanol–water partition coefficient (Wildman–Crippen LogP) is 3.59. The molecule has 0 spiro atoms. The smallest absolute Gasteiger partial charge is 0.238 e. The number of hydrogen-bond acceptors (Lipinski definition) is 6. The number of carbonyl (C=O) groups excluding carboxylic acids is 2. The SMILES string of the molecule is COc1ccc(CC(=O)c2ccc(-c3ccc(F)cc3)nc2)cc1NC(=O)CN1CCOCC1. The monoisotopic (exact) mass is 463 g/mol. The molecule has 1 aromatic heterocycles. The van der Waals surface area contributed by atoms with Gasteiger partial charge in [0.15, 0.2) is 5.78 Å². The summed E-state index contributed by atoms with van der Waals surface area (Å²) in [6.45, 7) is 2.93. The van der Waals surface area contributed by atoms with Crippen LogP contribution in [0.2, 0.25) is 0 Å². The van der Waals surface area contributed by atoms with Crippen LogP contribution in [-0.2, 0) is 16.0 Å². The summed E-state index contributed by atoms with van der Waals surface area (Å²) in [5.74, 6) is -0.0401. The number of pyridine rings is 1. The highest BCUT2D eigenvalue weighted by molar-refractivity contribution is 5.98. The Kier molecular flexibility index (Phi) is 7.61. The van der Waals surface area contributed by atoms with Crippen molar-refractivity contribution in [3.05, 3.63) is 77.7 Å². The lowest BCUT2D eigenvalue weighted by Gasteiger charge is -2.26. The fourth-order valence-electron chi connectivity index (χ4n) is 3.75. The second kappa shape index (κ2) is 11.0. The van der Waals surface area contributed by atoms with E-state index in [1.165, 1.54) is 25.4 Å². The maximum absolute atomic E-state index is 13.1. The lowest BCUT2D eigenvalue weighted by molar-refractivity contribution is -0.118. The fourth-order valence-corrected chi connectivity index (χ4v) is 3.75. The highest BCUT2D eigenvalue weighted by Crippen LogP contribution is 2.26. The summed E-state index contributed by atoms with van der Waals surface area (Å²) in [5.41, 5.74) is 3.17. The van der Waals surface area contributed by atoms with Gasteiger partial charge in [0.25, 0.3) is 0 Å². The van der Waals surface area contributed by atoms with Crippen LogP contribution < -0.4 is 10.1 Å². The van der Waals surface area contributed by atoms with E-state index >= 15 is 0 Å². The van der Waals surface area contributed by atoms with Gasteiger partial charge < -0.3 is 14.8 Å². The Labute approximate surface area is 197 Å². The first-order valence-electron chi connectivity index (χ1n) is 11.0. The van der Waals surface area contributed by atoms with E-state index in [1.807, 2.05) is 4.90 Å². The molecule has 0 saturated carbocycles. The van der Waals surface area contributed by atoms with Crippen molar-refractivity contribution in [2.24, 2.45) is 0 Å². The Morgan fingerprint density at radius 3 is 2.53 bits per heavy atom. The minimum atomic E-state index is -0.313. The zero-order valence-corrected chi connectivity index (χ0v) is 18.9. The molecule has 1 N–H and O–H groups in total. The van der Waals surface area contributed by atoms with Gasteiger partial charge in [-0.05, 0) is 54.1 Å². The van der Waals surface area contributed by atoms with Gasteiger partial charge in [-0.15, -0.1) is 0 Å². The Morgan fingerprint density at radius 2 is 1.85 bits per heavy atom. The van der Waals surface area contributed by atoms with Crippen molar-refractivity contribution in [2.45, 2.75) is 6.42 Å². The standard InChI is InChI=1S/C26H26FN3O4/c1-33-25-9-2-18(14-23(25)29-26(32)17-30-10-12-34-13-11-30)15-24(31)20-5-8-22(28-16-20)19-3-6-21(27)7-4-19/h2-9,14,16H,10-13,15,17H2,1H3,(H,29,32). The molecule has 4 rings (SSSR count). The molecule has 1 amide bonds. The van der Waals surface area contributed by atoms with Gasteiger partial charge in [0, 0.05) is 36.8 Å². The maximum atomic E-state index is 13.1. The average Bonchev–Trinajstić information content (AvgIpc) is 2.85. The zero-order valence-electron chi connectivity index (χ0n) is 18.9. The molecule has 2 aromatic carbocycles. The molecule has 0 radical (unpaired) electrons. The average molecular weight is 464 g/mol. The third-order valence-electron chi connectivity index (χ3n) is 5.60. The number of ketones is 1. The van der Waals surface area contributed by atoms with Crippen LogP contribution in [0.3, 0.4) is 0 Å². The molecule has 7 nitrogen and oxygen atoms in total. The van der Waals surface area contributed by atoms with Gasteiger partial charge in [0.2, 0.25) is 5.91 Å². The number of halogens is 1. The molecular weight excluding hydrogens is 437 g/mol. The number of rotatable bonds is 8. The lowest BCUT2D eigenvalue weighted by Crippen LogP contribution is -2.41. The van der Waals surface area contributed by atoms with E-state index in [9.17, 15) is 14.0 Å². The number of amides is 1.